The Kier molecular flexibility index (Phi) is 4.08. The fourth-order valence-electron chi connectivity index (χ4n) is 1.72. The van der Waals surface area contributed by atoms with Crippen LogP contribution < -0.4 is 0 Å². The molecule has 0 aliphatic heterocycles. The maximum Gasteiger partial charge on any atom is 0.0285 e. The number of hydrogen-bond acceptors (Lipinski definition) is 1. The Morgan fingerprint density at radius 2 is 2.06 bits per heavy atom. The fourth-order valence-corrected chi connectivity index (χ4v) is 2.68. The van der Waals surface area contributed by atoms with Crippen LogP contribution >= 0.6 is 28.6 Å². The predicted octanol–water partition coefficient (Wildman–Crippen LogP) is 4.74. The molecule has 0 aromatic heterocycles. The number of halogens is 1. The van der Waals surface area contributed by atoms with Gasteiger partial charge in [0.2, 0.25) is 0 Å². The van der Waals surface area contributed by atoms with Gasteiger partial charge in [0.1, 0.15) is 0 Å². The largest absolute Gasteiger partial charge is 0.175 e. The summed E-state index contributed by atoms with van der Waals surface area (Å²) < 4.78 is 1.18. The summed E-state index contributed by atoms with van der Waals surface area (Å²) in [5, 5.41) is 0. The van der Waals surface area contributed by atoms with Gasteiger partial charge in [0.15, 0.2) is 0 Å². The smallest absolute Gasteiger partial charge is 0.0285 e. The van der Waals surface area contributed by atoms with Gasteiger partial charge < -0.3 is 0 Å². The molecule has 0 spiro atoms. The highest BCUT2D eigenvalue weighted by atomic mass is 79.9. The second kappa shape index (κ2) is 5.55. The van der Waals surface area contributed by atoms with Crippen LogP contribution in [0.1, 0.15) is 17.5 Å². The van der Waals surface area contributed by atoms with Crippen molar-refractivity contribution in [1.29, 1.82) is 0 Å². The second-order valence-electron chi connectivity index (χ2n) is 3.65. The van der Waals surface area contributed by atoms with E-state index in [0.29, 0.717) is 0 Å². The lowest BCUT2D eigenvalue weighted by Crippen LogP contribution is -1.91. The van der Waals surface area contributed by atoms with Crippen molar-refractivity contribution in [1.82, 2.24) is 0 Å². The van der Waals surface area contributed by atoms with Crippen LogP contribution in [0.25, 0.3) is 4.48 Å². The summed E-state index contributed by atoms with van der Waals surface area (Å²) in [4.78, 5) is 0. The molecule has 0 saturated heterocycles. The molecule has 1 aromatic carbocycles. The lowest BCUT2D eigenvalue weighted by Gasteiger charge is -2.11. The quantitative estimate of drug-likeness (QED) is 0.748. The van der Waals surface area contributed by atoms with Crippen LogP contribution in [0.3, 0.4) is 0 Å². The maximum absolute atomic E-state index is 4.36. The number of allylic oxidation sites excluding steroid dienone is 5. The van der Waals surface area contributed by atoms with Crippen molar-refractivity contribution in [2.45, 2.75) is 12.2 Å². The second-order valence-corrected chi connectivity index (χ2v) is 4.76. The number of benzene rings is 1. The van der Waals surface area contributed by atoms with Gasteiger partial charge in [-0.25, -0.2) is 0 Å². The van der Waals surface area contributed by atoms with Crippen LogP contribution in [0.2, 0.25) is 0 Å². The van der Waals surface area contributed by atoms with Crippen molar-refractivity contribution in [2.24, 2.45) is 0 Å². The van der Waals surface area contributed by atoms with Gasteiger partial charge in [0.25, 0.3) is 0 Å². The van der Waals surface area contributed by atoms with Crippen molar-refractivity contribution < 1.29 is 0 Å². The molecular weight excluding hydrogens is 280 g/mol. The monoisotopic (exact) mass is 292 g/mol. The zero-order valence-electron chi connectivity index (χ0n) is 8.86. The lowest BCUT2D eigenvalue weighted by atomic mass is 10.0. The van der Waals surface area contributed by atoms with Crippen LogP contribution in [0.4, 0.5) is 0 Å². The van der Waals surface area contributed by atoms with E-state index in [4.69, 9.17) is 0 Å². The van der Waals surface area contributed by atoms with E-state index in [2.05, 4.69) is 77.1 Å². The van der Waals surface area contributed by atoms with Crippen LogP contribution in [0.15, 0.2) is 54.1 Å². The highest BCUT2D eigenvalue weighted by Gasteiger charge is 2.08. The molecule has 16 heavy (non-hydrogen) atoms. The first-order chi connectivity index (χ1) is 7.83. The number of rotatable bonds is 2. The van der Waals surface area contributed by atoms with E-state index in [9.17, 15) is 0 Å². The third kappa shape index (κ3) is 2.50. The summed E-state index contributed by atoms with van der Waals surface area (Å²) in [6.45, 7) is 0. The summed E-state index contributed by atoms with van der Waals surface area (Å²) >= 11 is 8.06. The van der Waals surface area contributed by atoms with E-state index in [1.807, 2.05) is 0 Å². The summed E-state index contributed by atoms with van der Waals surface area (Å²) in [6.07, 6.45) is 9.45. The van der Waals surface area contributed by atoms with Gasteiger partial charge in [-0.05, 0) is 39.1 Å². The van der Waals surface area contributed by atoms with Crippen molar-refractivity contribution >= 4 is 33.0 Å². The van der Waals surface area contributed by atoms with Gasteiger partial charge in [-0.2, -0.15) is 12.6 Å². The molecule has 1 aliphatic rings. The average molecular weight is 293 g/mol. The molecule has 0 N–H and O–H groups in total. The molecule has 0 fully saturated rings. The molecule has 1 aliphatic carbocycles. The zero-order valence-corrected chi connectivity index (χ0v) is 11.3. The molecule has 0 saturated carbocycles. The molecule has 2 rings (SSSR count). The van der Waals surface area contributed by atoms with E-state index < -0.39 is 0 Å². The van der Waals surface area contributed by atoms with Crippen molar-refractivity contribution in [3.63, 3.8) is 0 Å². The van der Waals surface area contributed by atoms with Gasteiger partial charge in [0.05, 0.1) is 0 Å². The molecule has 1 aromatic rings. The molecule has 0 nitrogen and oxygen atoms in total. The maximum atomic E-state index is 4.36. The molecule has 0 radical (unpaired) electrons. The molecular formula is C14H13BrS. The van der Waals surface area contributed by atoms with E-state index in [1.165, 1.54) is 21.2 Å². The van der Waals surface area contributed by atoms with Crippen molar-refractivity contribution in [2.75, 3.05) is 0 Å². The minimum Gasteiger partial charge on any atom is -0.175 e. The highest BCUT2D eigenvalue weighted by Crippen LogP contribution is 2.32. The van der Waals surface area contributed by atoms with Crippen molar-refractivity contribution in [3.8, 4) is 0 Å². The van der Waals surface area contributed by atoms with Crippen molar-refractivity contribution in [3.05, 3.63) is 65.3 Å². The lowest BCUT2D eigenvalue weighted by molar-refractivity contribution is 1.27. The fraction of sp³-hybridized carbons (Fsp3) is 0.143. The molecule has 0 amide bonds. The third-order valence-electron chi connectivity index (χ3n) is 2.59. The molecule has 0 bridgehead atoms. The van der Waals surface area contributed by atoms with Gasteiger partial charge in [0, 0.05) is 10.2 Å². The summed E-state index contributed by atoms with van der Waals surface area (Å²) in [5.74, 6) is 0.762. The first kappa shape index (κ1) is 11.7. The molecule has 0 heterocycles. The van der Waals surface area contributed by atoms with Gasteiger partial charge in [-0.1, -0.05) is 48.6 Å². The molecule has 0 unspecified atom stereocenters. The molecule has 82 valence electrons. The van der Waals surface area contributed by atoms with Gasteiger partial charge in [-0.15, -0.1) is 0 Å². The average Bonchev–Trinajstić information content (AvgIpc) is 2.39. The Labute approximate surface area is 110 Å². The highest BCUT2D eigenvalue weighted by molar-refractivity contribution is 9.15. The summed E-state index contributed by atoms with van der Waals surface area (Å²) in [6, 6.07) is 8.37. The Morgan fingerprint density at radius 3 is 2.75 bits per heavy atom. The first-order valence-corrected chi connectivity index (χ1v) is 6.66. The summed E-state index contributed by atoms with van der Waals surface area (Å²) in [7, 11) is 0. The standard InChI is InChI=1S/C14H13BrS/c15-14(11-6-2-1-3-7-11)13-9-5-4-8-12(13)10-16/h1-6,8-9,16H,7,10H2/b14-11+. The minimum atomic E-state index is 0.762. The predicted molar refractivity (Wildman–Crippen MR) is 77.9 cm³/mol. The van der Waals surface area contributed by atoms with E-state index in [-0.39, 0.29) is 0 Å². The van der Waals surface area contributed by atoms with Crippen LogP contribution in [0.5, 0.6) is 0 Å². The van der Waals surface area contributed by atoms with Gasteiger partial charge >= 0.3 is 0 Å². The first-order valence-electron chi connectivity index (χ1n) is 5.24. The topological polar surface area (TPSA) is 0 Å². The Balaban J connectivity index is 2.44. The number of thiol groups is 1. The Morgan fingerprint density at radius 1 is 1.25 bits per heavy atom. The Hall–Kier alpha value is -0.730. The zero-order chi connectivity index (χ0) is 11.4. The third-order valence-corrected chi connectivity index (χ3v) is 3.87. The van der Waals surface area contributed by atoms with E-state index in [0.717, 1.165) is 12.2 Å². The van der Waals surface area contributed by atoms with Crippen LogP contribution in [0, 0.1) is 0 Å². The minimum absolute atomic E-state index is 0.762. The number of hydrogen-bond donors (Lipinski definition) is 1. The van der Waals surface area contributed by atoms with Gasteiger partial charge in [-0.3, -0.25) is 0 Å². The molecule has 0 atom stereocenters. The van der Waals surface area contributed by atoms with Crippen LogP contribution in [-0.2, 0) is 5.75 Å². The van der Waals surface area contributed by atoms with E-state index >= 15 is 0 Å². The van der Waals surface area contributed by atoms with Crippen LogP contribution in [-0.4, -0.2) is 0 Å². The SMILES string of the molecule is SCc1ccccc1/C(Br)=C1/C=CC=CC1. The Bertz CT molecular complexity index is 469. The van der Waals surface area contributed by atoms with E-state index in [1.54, 1.807) is 0 Å². The molecule has 2 heteroatoms. The normalized spacial score (nSPS) is 17.6. The summed E-state index contributed by atoms with van der Waals surface area (Å²) in [5.41, 5.74) is 3.82.